The zero-order valence-electron chi connectivity index (χ0n) is 12.0. The Kier molecular flexibility index (Phi) is 2.92. The second-order valence-electron chi connectivity index (χ2n) is 5.59. The molecule has 4 rings (SSSR count). The van der Waals surface area contributed by atoms with Crippen LogP contribution in [0, 0.1) is 0 Å². The molecule has 0 N–H and O–H groups in total. The van der Waals surface area contributed by atoms with Gasteiger partial charge in [0.1, 0.15) is 12.2 Å². The van der Waals surface area contributed by atoms with Crippen LogP contribution < -0.4 is 9.80 Å². The number of hydrogen-bond donors (Lipinski definition) is 0. The Balaban J connectivity index is 1.76. The maximum atomic E-state index is 12.7. The van der Waals surface area contributed by atoms with Crippen molar-refractivity contribution in [1.29, 1.82) is 0 Å². The topological polar surface area (TPSA) is 53.5 Å². The van der Waals surface area contributed by atoms with Crippen molar-refractivity contribution in [3.05, 3.63) is 54.4 Å². The van der Waals surface area contributed by atoms with Crippen LogP contribution in [-0.4, -0.2) is 29.4 Å². The fraction of sp³-hybridized carbons (Fsp3) is 0.235. The van der Waals surface area contributed by atoms with E-state index in [2.05, 4.69) is 4.98 Å². The van der Waals surface area contributed by atoms with Crippen molar-refractivity contribution in [3.63, 3.8) is 0 Å². The Hall–Kier alpha value is -2.69. The van der Waals surface area contributed by atoms with E-state index in [-0.39, 0.29) is 18.4 Å². The minimum atomic E-state index is -0.239. The number of benzene rings is 1. The molecule has 5 nitrogen and oxygen atoms in total. The molecule has 0 unspecified atom stereocenters. The number of rotatable bonds is 2. The number of amides is 2. The molecule has 5 heteroatoms. The summed E-state index contributed by atoms with van der Waals surface area (Å²) in [5, 5.41) is 0. The van der Waals surface area contributed by atoms with E-state index in [0.717, 1.165) is 24.2 Å². The highest BCUT2D eigenvalue weighted by Crippen LogP contribution is 2.40. The summed E-state index contributed by atoms with van der Waals surface area (Å²) >= 11 is 0. The molecule has 0 spiro atoms. The van der Waals surface area contributed by atoms with Crippen molar-refractivity contribution in [1.82, 2.24) is 4.98 Å². The molecule has 22 heavy (non-hydrogen) atoms. The number of anilines is 2. The predicted octanol–water partition coefficient (Wildman–Crippen LogP) is 2.24. The summed E-state index contributed by atoms with van der Waals surface area (Å²) in [6, 6.07) is 13.1. The number of aromatic nitrogens is 1. The molecular weight excluding hydrogens is 278 g/mol. The second-order valence-corrected chi connectivity index (χ2v) is 5.59. The van der Waals surface area contributed by atoms with Crippen molar-refractivity contribution in [3.8, 4) is 0 Å². The van der Waals surface area contributed by atoms with Crippen LogP contribution in [0.25, 0.3) is 0 Å². The van der Waals surface area contributed by atoms with Crippen LogP contribution in [-0.2, 0) is 4.79 Å². The van der Waals surface area contributed by atoms with E-state index >= 15 is 0 Å². The molecule has 2 aromatic rings. The predicted molar refractivity (Wildman–Crippen MR) is 82.9 cm³/mol. The maximum Gasteiger partial charge on any atom is 0.277 e. The molecule has 2 aliphatic rings. The van der Waals surface area contributed by atoms with Gasteiger partial charge in [0, 0.05) is 12.2 Å². The normalized spacial score (nSPS) is 17.4. The number of carbonyl (C=O) groups is 2. The van der Waals surface area contributed by atoms with Crippen LogP contribution in [0.1, 0.15) is 23.3 Å². The molecule has 1 aromatic heterocycles. The first-order valence-electron chi connectivity index (χ1n) is 7.39. The quantitative estimate of drug-likeness (QED) is 0.853. The largest absolute Gasteiger partial charge is 0.306 e. The molecule has 0 radical (unpaired) electrons. The highest BCUT2D eigenvalue weighted by atomic mass is 16.2. The van der Waals surface area contributed by atoms with Crippen LogP contribution >= 0.6 is 0 Å². The summed E-state index contributed by atoms with van der Waals surface area (Å²) in [5.74, 6) is -0.262. The molecular formula is C17H15N3O2. The van der Waals surface area contributed by atoms with Gasteiger partial charge in [0.15, 0.2) is 0 Å². The lowest BCUT2D eigenvalue weighted by atomic mass is 10.1. The number of hydrogen-bond acceptors (Lipinski definition) is 3. The number of para-hydroxylation sites is 2. The summed E-state index contributed by atoms with van der Waals surface area (Å²) in [5.41, 5.74) is 1.96. The van der Waals surface area contributed by atoms with Gasteiger partial charge in [-0.25, -0.2) is 0 Å². The Morgan fingerprint density at radius 1 is 1.05 bits per heavy atom. The molecule has 1 fully saturated rings. The van der Waals surface area contributed by atoms with Gasteiger partial charge in [0.05, 0.1) is 11.4 Å². The van der Waals surface area contributed by atoms with Crippen LogP contribution in [0.15, 0.2) is 48.7 Å². The molecule has 0 saturated heterocycles. The molecule has 0 atom stereocenters. The van der Waals surface area contributed by atoms with Crippen molar-refractivity contribution in [2.75, 3.05) is 16.3 Å². The fourth-order valence-corrected chi connectivity index (χ4v) is 2.87. The van der Waals surface area contributed by atoms with E-state index in [0.29, 0.717) is 11.7 Å². The third-order valence-electron chi connectivity index (χ3n) is 4.04. The summed E-state index contributed by atoms with van der Waals surface area (Å²) in [6.07, 6.45) is 3.66. The standard InChI is InChI=1S/C17H15N3O2/c21-16-11-19(17(22)13-5-3-4-10-18-13)14-6-1-2-7-15(14)20(16)12-8-9-12/h1-7,10,12H,8-9,11H2. The lowest BCUT2D eigenvalue weighted by Gasteiger charge is -2.36. The van der Waals surface area contributed by atoms with E-state index in [9.17, 15) is 9.59 Å². The molecule has 1 aliphatic carbocycles. The summed E-state index contributed by atoms with van der Waals surface area (Å²) in [7, 11) is 0. The molecule has 110 valence electrons. The van der Waals surface area contributed by atoms with Gasteiger partial charge in [-0.05, 0) is 37.1 Å². The summed E-state index contributed by atoms with van der Waals surface area (Å²) in [4.78, 5) is 32.7. The lowest BCUT2D eigenvalue weighted by Crippen LogP contribution is -2.49. The van der Waals surface area contributed by atoms with E-state index in [1.54, 1.807) is 24.4 Å². The van der Waals surface area contributed by atoms with E-state index in [1.807, 2.05) is 29.2 Å². The number of pyridine rings is 1. The van der Waals surface area contributed by atoms with Gasteiger partial charge in [-0.3, -0.25) is 19.5 Å². The third-order valence-corrected chi connectivity index (χ3v) is 4.04. The number of nitrogens with zero attached hydrogens (tertiary/aromatic N) is 3. The Labute approximate surface area is 128 Å². The number of fused-ring (bicyclic) bond motifs is 1. The Bertz CT molecular complexity index is 741. The highest BCUT2D eigenvalue weighted by Gasteiger charge is 2.40. The van der Waals surface area contributed by atoms with Gasteiger partial charge >= 0.3 is 0 Å². The van der Waals surface area contributed by atoms with Gasteiger partial charge < -0.3 is 4.90 Å². The molecule has 1 aliphatic heterocycles. The van der Waals surface area contributed by atoms with Crippen molar-refractivity contribution < 1.29 is 9.59 Å². The third kappa shape index (κ3) is 2.06. The fourth-order valence-electron chi connectivity index (χ4n) is 2.87. The SMILES string of the molecule is O=C(c1ccccn1)N1CC(=O)N(C2CC2)c2ccccc21. The average Bonchev–Trinajstić information content (AvgIpc) is 3.39. The van der Waals surface area contributed by atoms with E-state index in [4.69, 9.17) is 0 Å². The first kappa shape index (κ1) is 13.0. The van der Waals surface area contributed by atoms with Crippen LogP contribution in [0.5, 0.6) is 0 Å². The minimum Gasteiger partial charge on any atom is -0.306 e. The van der Waals surface area contributed by atoms with Gasteiger partial charge in [0.2, 0.25) is 5.91 Å². The molecule has 2 heterocycles. The highest BCUT2D eigenvalue weighted by molar-refractivity contribution is 6.15. The lowest BCUT2D eigenvalue weighted by molar-refractivity contribution is -0.117. The van der Waals surface area contributed by atoms with Crippen LogP contribution in [0.2, 0.25) is 0 Å². The average molecular weight is 293 g/mol. The van der Waals surface area contributed by atoms with Gasteiger partial charge in [-0.15, -0.1) is 0 Å². The maximum absolute atomic E-state index is 12.7. The van der Waals surface area contributed by atoms with E-state index < -0.39 is 0 Å². The Morgan fingerprint density at radius 3 is 2.45 bits per heavy atom. The smallest absolute Gasteiger partial charge is 0.277 e. The molecule has 1 aromatic carbocycles. The van der Waals surface area contributed by atoms with Gasteiger partial charge in [-0.1, -0.05) is 18.2 Å². The minimum absolute atomic E-state index is 0.0227. The zero-order chi connectivity index (χ0) is 15.1. The monoisotopic (exact) mass is 293 g/mol. The van der Waals surface area contributed by atoms with Gasteiger partial charge in [-0.2, -0.15) is 0 Å². The first-order valence-corrected chi connectivity index (χ1v) is 7.39. The zero-order valence-corrected chi connectivity index (χ0v) is 12.0. The summed E-state index contributed by atoms with van der Waals surface area (Å²) in [6.45, 7) is 0.0723. The van der Waals surface area contributed by atoms with Crippen molar-refractivity contribution >= 4 is 23.2 Å². The van der Waals surface area contributed by atoms with E-state index in [1.165, 1.54) is 4.90 Å². The first-order chi connectivity index (χ1) is 10.8. The Morgan fingerprint density at radius 2 is 1.77 bits per heavy atom. The molecule has 0 bridgehead atoms. The molecule has 2 amide bonds. The van der Waals surface area contributed by atoms with Crippen LogP contribution in [0.4, 0.5) is 11.4 Å². The summed E-state index contributed by atoms with van der Waals surface area (Å²) < 4.78 is 0. The number of carbonyl (C=O) groups excluding carboxylic acids is 2. The van der Waals surface area contributed by atoms with Crippen molar-refractivity contribution in [2.24, 2.45) is 0 Å². The van der Waals surface area contributed by atoms with Crippen LogP contribution in [0.3, 0.4) is 0 Å². The molecule has 1 saturated carbocycles. The second kappa shape index (κ2) is 4.94. The van der Waals surface area contributed by atoms with Gasteiger partial charge in [0.25, 0.3) is 5.91 Å². The van der Waals surface area contributed by atoms with Crippen molar-refractivity contribution in [2.45, 2.75) is 18.9 Å².